The molecule has 3 nitrogen and oxygen atoms in total. The van der Waals surface area contributed by atoms with Crippen LogP contribution in [0.25, 0.3) is 0 Å². The molecule has 0 unspecified atom stereocenters. The first kappa shape index (κ1) is 11.5. The van der Waals surface area contributed by atoms with Crippen LogP contribution in [-0.2, 0) is 4.79 Å². The number of hydrogen-bond acceptors (Lipinski definition) is 2. The average Bonchev–Trinajstić information content (AvgIpc) is 2.06. The Morgan fingerprint density at radius 2 is 1.79 bits per heavy atom. The second-order valence-corrected chi connectivity index (χ2v) is 4.52. The van der Waals surface area contributed by atoms with Gasteiger partial charge in [-0.3, -0.25) is 4.79 Å². The fourth-order valence-corrected chi connectivity index (χ4v) is 2.19. The van der Waals surface area contributed by atoms with Crippen LogP contribution in [0.15, 0.2) is 0 Å². The van der Waals surface area contributed by atoms with Crippen LogP contribution in [0.1, 0.15) is 46.5 Å². The maximum atomic E-state index is 11.0. The zero-order valence-corrected chi connectivity index (χ0v) is 9.47. The van der Waals surface area contributed by atoms with E-state index in [0.717, 1.165) is 6.42 Å². The summed E-state index contributed by atoms with van der Waals surface area (Å²) in [7, 11) is 0. The van der Waals surface area contributed by atoms with Crippen LogP contribution in [0.2, 0.25) is 0 Å². The zero-order valence-electron chi connectivity index (χ0n) is 9.47. The van der Waals surface area contributed by atoms with Gasteiger partial charge in [-0.2, -0.15) is 0 Å². The highest BCUT2D eigenvalue weighted by Gasteiger charge is 2.25. The van der Waals surface area contributed by atoms with Crippen LogP contribution in [0.5, 0.6) is 0 Å². The molecule has 0 aromatic rings. The summed E-state index contributed by atoms with van der Waals surface area (Å²) in [5.74, 6) is 0.0902. The lowest BCUT2D eigenvalue weighted by Gasteiger charge is -2.34. The first-order valence-corrected chi connectivity index (χ1v) is 5.62. The van der Waals surface area contributed by atoms with E-state index in [-0.39, 0.29) is 5.91 Å². The van der Waals surface area contributed by atoms with E-state index < -0.39 is 0 Å². The summed E-state index contributed by atoms with van der Waals surface area (Å²) in [4.78, 5) is 11.0. The van der Waals surface area contributed by atoms with Gasteiger partial charge in [0.15, 0.2) is 0 Å². The molecule has 1 rings (SSSR count). The Labute approximate surface area is 86.6 Å². The van der Waals surface area contributed by atoms with Gasteiger partial charge in [-0.25, -0.2) is 0 Å². The molecule has 0 heterocycles. The standard InChI is InChI=1S/C11H22N2O/c1-8(2)12-10-6-4-5-7-11(10)13-9(3)14/h8,10-12H,4-7H2,1-3H3,(H,13,14)/t10-,11+/m1/s1. The van der Waals surface area contributed by atoms with Crippen molar-refractivity contribution in [3.8, 4) is 0 Å². The molecule has 0 aromatic heterocycles. The minimum absolute atomic E-state index is 0.0902. The summed E-state index contributed by atoms with van der Waals surface area (Å²) in [6, 6.07) is 1.30. The summed E-state index contributed by atoms with van der Waals surface area (Å²) in [5.41, 5.74) is 0. The Hall–Kier alpha value is -0.570. The van der Waals surface area contributed by atoms with Crippen molar-refractivity contribution in [1.29, 1.82) is 0 Å². The van der Waals surface area contributed by atoms with Crippen molar-refractivity contribution in [1.82, 2.24) is 10.6 Å². The molecule has 0 saturated heterocycles. The highest BCUT2D eigenvalue weighted by Crippen LogP contribution is 2.18. The molecule has 1 saturated carbocycles. The fourth-order valence-electron chi connectivity index (χ4n) is 2.19. The Kier molecular flexibility index (Phi) is 4.39. The number of carbonyl (C=O) groups excluding carboxylic acids is 1. The number of nitrogens with one attached hydrogen (secondary N) is 2. The van der Waals surface area contributed by atoms with Crippen molar-refractivity contribution in [2.45, 2.75) is 64.6 Å². The third kappa shape index (κ3) is 3.66. The number of amides is 1. The smallest absolute Gasteiger partial charge is 0.217 e. The molecule has 0 aromatic carbocycles. The van der Waals surface area contributed by atoms with Crippen molar-refractivity contribution in [2.24, 2.45) is 0 Å². The number of hydrogen-bond donors (Lipinski definition) is 2. The van der Waals surface area contributed by atoms with Gasteiger partial charge in [0, 0.05) is 25.0 Å². The van der Waals surface area contributed by atoms with E-state index in [4.69, 9.17) is 0 Å². The molecule has 0 spiro atoms. The van der Waals surface area contributed by atoms with Gasteiger partial charge in [-0.1, -0.05) is 26.7 Å². The molecule has 3 heteroatoms. The molecule has 1 aliphatic carbocycles. The van der Waals surface area contributed by atoms with Crippen molar-refractivity contribution in [2.75, 3.05) is 0 Å². The number of carbonyl (C=O) groups is 1. The Balaban J connectivity index is 2.45. The van der Waals surface area contributed by atoms with Crippen molar-refractivity contribution < 1.29 is 4.79 Å². The molecule has 0 bridgehead atoms. The molecule has 2 N–H and O–H groups in total. The summed E-state index contributed by atoms with van der Waals surface area (Å²) >= 11 is 0. The monoisotopic (exact) mass is 198 g/mol. The second-order valence-electron chi connectivity index (χ2n) is 4.52. The first-order chi connectivity index (χ1) is 6.59. The van der Waals surface area contributed by atoms with Gasteiger partial charge in [0.05, 0.1) is 0 Å². The maximum absolute atomic E-state index is 11.0. The normalized spacial score (nSPS) is 27.7. The van der Waals surface area contributed by atoms with Gasteiger partial charge in [0.25, 0.3) is 0 Å². The van der Waals surface area contributed by atoms with Crippen LogP contribution >= 0.6 is 0 Å². The van der Waals surface area contributed by atoms with Crippen molar-refractivity contribution in [3.05, 3.63) is 0 Å². The third-order valence-electron chi connectivity index (χ3n) is 2.70. The summed E-state index contributed by atoms with van der Waals surface area (Å²) < 4.78 is 0. The van der Waals surface area contributed by atoms with Gasteiger partial charge in [-0.05, 0) is 12.8 Å². The van der Waals surface area contributed by atoms with E-state index in [1.54, 1.807) is 6.92 Å². The lowest BCUT2D eigenvalue weighted by molar-refractivity contribution is -0.120. The van der Waals surface area contributed by atoms with E-state index in [9.17, 15) is 4.79 Å². The molecular formula is C11H22N2O. The highest BCUT2D eigenvalue weighted by atomic mass is 16.1. The van der Waals surface area contributed by atoms with Crippen LogP contribution < -0.4 is 10.6 Å². The maximum Gasteiger partial charge on any atom is 0.217 e. The van der Waals surface area contributed by atoms with E-state index in [1.165, 1.54) is 19.3 Å². The zero-order chi connectivity index (χ0) is 10.6. The van der Waals surface area contributed by atoms with Crippen molar-refractivity contribution in [3.63, 3.8) is 0 Å². The van der Waals surface area contributed by atoms with Crippen LogP contribution in [-0.4, -0.2) is 24.0 Å². The lowest BCUT2D eigenvalue weighted by Crippen LogP contribution is -2.52. The average molecular weight is 198 g/mol. The lowest BCUT2D eigenvalue weighted by atomic mass is 9.90. The van der Waals surface area contributed by atoms with Gasteiger partial charge in [-0.15, -0.1) is 0 Å². The Bertz CT molecular complexity index is 192. The molecule has 0 radical (unpaired) electrons. The molecule has 1 aliphatic rings. The Morgan fingerprint density at radius 1 is 1.21 bits per heavy atom. The molecule has 1 fully saturated rings. The van der Waals surface area contributed by atoms with Gasteiger partial charge < -0.3 is 10.6 Å². The molecule has 14 heavy (non-hydrogen) atoms. The summed E-state index contributed by atoms with van der Waals surface area (Å²) in [5, 5.41) is 6.56. The minimum atomic E-state index is 0.0902. The van der Waals surface area contributed by atoms with Gasteiger partial charge >= 0.3 is 0 Å². The molecule has 2 atom stereocenters. The quantitative estimate of drug-likeness (QED) is 0.720. The molecular weight excluding hydrogens is 176 g/mol. The van der Waals surface area contributed by atoms with E-state index in [0.29, 0.717) is 18.1 Å². The molecule has 1 amide bonds. The van der Waals surface area contributed by atoms with Gasteiger partial charge in [0.2, 0.25) is 5.91 Å². The van der Waals surface area contributed by atoms with Crippen LogP contribution in [0.3, 0.4) is 0 Å². The van der Waals surface area contributed by atoms with E-state index >= 15 is 0 Å². The first-order valence-electron chi connectivity index (χ1n) is 5.62. The third-order valence-corrected chi connectivity index (χ3v) is 2.70. The minimum Gasteiger partial charge on any atom is -0.352 e. The van der Waals surface area contributed by atoms with E-state index in [2.05, 4.69) is 24.5 Å². The van der Waals surface area contributed by atoms with Gasteiger partial charge in [0.1, 0.15) is 0 Å². The predicted octanol–water partition coefficient (Wildman–Crippen LogP) is 1.43. The van der Waals surface area contributed by atoms with Crippen molar-refractivity contribution >= 4 is 5.91 Å². The molecule has 82 valence electrons. The van der Waals surface area contributed by atoms with E-state index in [1.807, 2.05) is 0 Å². The van der Waals surface area contributed by atoms with Crippen LogP contribution in [0, 0.1) is 0 Å². The topological polar surface area (TPSA) is 41.1 Å². The summed E-state index contributed by atoms with van der Waals surface area (Å²) in [6.45, 7) is 5.90. The predicted molar refractivity (Wildman–Crippen MR) is 58.1 cm³/mol. The Morgan fingerprint density at radius 3 is 2.29 bits per heavy atom. The number of rotatable bonds is 3. The second kappa shape index (κ2) is 5.35. The summed E-state index contributed by atoms with van der Waals surface area (Å²) in [6.07, 6.45) is 4.81. The van der Waals surface area contributed by atoms with Crippen LogP contribution in [0.4, 0.5) is 0 Å². The fraction of sp³-hybridized carbons (Fsp3) is 0.909. The molecule has 0 aliphatic heterocycles. The largest absolute Gasteiger partial charge is 0.352 e. The SMILES string of the molecule is CC(=O)N[C@H]1CCCC[C@H]1NC(C)C. The highest BCUT2D eigenvalue weighted by molar-refractivity contribution is 5.73.